The quantitative estimate of drug-likeness (QED) is 0.487. The van der Waals surface area contributed by atoms with Gasteiger partial charge < -0.3 is 4.90 Å². The molecule has 1 fully saturated rings. The third-order valence-corrected chi connectivity index (χ3v) is 8.09. The van der Waals surface area contributed by atoms with Crippen molar-refractivity contribution in [1.82, 2.24) is 9.97 Å². The van der Waals surface area contributed by atoms with Gasteiger partial charge in [0.2, 0.25) is 0 Å². The fourth-order valence-electron chi connectivity index (χ4n) is 3.43. The second-order valence-corrected chi connectivity index (χ2v) is 10.7. The lowest BCUT2D eigenvalue weighted by atomic mass is 10.1. The topological polar surface area (TPSA) is 63.2 Å². The van der Waals surface area contributed by atoms with Gasteiger partial charge in [-0.2, -0.15) is 11.3 Å². The lowest BCUT2D eigenvalue weighted by Crippen LogP contribution is -2.40. The van der Waals surface area contributed by atoms with Crippen LogP contribution in [-0.4, -0.2) is 43.0 Å². The van der Waals surface area contributed by atoms with Crippen LogP contribution in [0.4, 0.5) is 5.82 Å². The SMILES string of the molecule is O=S1(=O)CCN(c2nc(-c3ccsc3)nc3scc(-c4ccccc4)c23)CC1. The largest absolute Gasteiger partial charge is 0.354 e. The van der Waals surface area contributed by atoms with Crippen LogP contribution in [0, 0.1) is 0 Å². The predicted molar refractivity (Wildman–Crippen MR) is 117 cm³/mol. The zero-order valence-corrected chi connectivity index (χ0v) is 17.4. The summed E-state index contributed by atoms with van der Waals surface area (Å²) >= 11 is 3.22. The Morgan fingerprint density at radius 1 is 0.929 bits per heavy atom. The van der Waals surface area contributed by atoms with Gasteiger partial charge in [0.15, 0.2) is 15.7 Å². The van der Waals surface area contributed by atoms with E-state index in [9.17, 15) is 8.42 Å². The molecule has 0 saturated carbocycles. The molecule has 1 aliphatic heterocycles. The Labute approximate surface area is 171 Å². The summed E-state index contributed by atoms with van der Waals surface area (Å²) in [5.41, 5.74) is 3.21. The Kier molecular flexibility index (Phi) is 4.41. The highest BCUT2D eigenvalue weighted by molar-refractivity contribution is 7.91. The zero-order chi connectivity index (χ0) is 19.1. The summed E-state index contributed by atoms with van der Waals surface area (Å²) in [7, 11) is -2.96. The Bertz CT molecular complexity index is 1220. The maximum Gasteiger partial charge on any atom is 0.163 e. The minimum Gasteiger partial charge on any atom is -0.354 e. The van der Waals surface area contributed by atoms with Crippen LogP contribution in [0.2, 0.25) is 0 Å². The smallest absolute Gasteiger partial charge is 0.163 e. The first kappa shape index (κ1) is 17.8. The van der Waals surface area contributed by atoms with E-state index >= 15 is 0 Å². The minimum atomic E-state index is -2.96. The van der Waals surface area contributed by atoms with Crippen LogP contribution in [-0.2, 0) is 9.84 Å². The van der Waals surface area contributed by atoms with Gasteiger partial charge in [-0.05, 0) is 17.0 Å². The first-order valence-corrected chi connectivity index (χ1v) is 12.6. The van der Waals surface area contributed by atoms with Crippen LogP contribution in [0.15, 0.2) is 52.5 Å². The maximum atomic E-state index is 11.9. The first-order valence-electron chi connectivity index (χ1n) is 8.93. The van der Waals surface area contributed by atoms with Gasteiger partial charge in [-0.15, -0.1) is 11.3 Å². The number of nitrogens with zero attached hydrogens (tertiary/aromatic N) is 3. The second kappa shape index (κ2) is 6.95. The van der Waals surface area contributed by atoms with Crippen molar-refractivity contribution in [3.63, 3.8) is 0 Å². The molecule has 0 radical (unpaired) electrons. The Morgan fingerprint density at radius 2 is 1.71 bits per heavy atom. The van der Waals surface area contributed by atoms with Crippen LogP contribution in [0.3, 0.4) is 0 Å². The number of sulfone groups is 1. The van der Waals surface area contributed by atoms with E-state index in [0.717, 1.165) is 32.7 Å². The van der Waals surface area contributed by atoms with Gasteiger partial charge in [0.05, 0.1) is 16.9 Å². The average Bonchev–Trinajstić information content (AvgIpc) is 3.38. The van der Waals surface area contributed by atoms with Gasteiger partial charge >= 0.3 is 0 Å². The normalized spacial score (nSPS) is 16.5. The van der Waals surface area contributed by atoms with Gasteiger partial charge in [-0.1, -0.05) is 30.3 Å². The van der Waals surface area contributed by atoms with Crippen molar-refractivity contribution in [2.45, 2.75) is 0 Å². The van der Waals surface area contributed by atoms with E-state index < -0.39 is 9.84 Å². The van der Waals surface area contributed by atoms with E-state index in [2.05, 4.69) is 22.4 Å². The van der Waals surface area contributed by atoms with Gasteiger partial charge in [0.1, 0.15) is 10.6 Å². The fourth-order valence-corrected chi connectivity index (χ4v) is 6.20. The second-order valence-electron chi connectivity index (χ2n) is 6.72. The van der Waals surface area contributed by atoms with E-state index in [0.29, 0.717) is 18.9 Å². The molecular weight excluding hydrogens is 410 g/mol. The molecule has 5 nitrogen and oxygen atoms in total. The molecule has 1 aromatic carbocycles. The average molecular weight is 428 g/mol. The van der Waals surface area contributed by atoms with Crippen molar-refractivity contribution >= 4 is 48.5 Å². The van der Waals surface area contributed by atoms with Crippen molar-refractivity contribution in [2.75, 3.05) is 29.5 Å². The van der Waals surface area contributed by atoms with Gasteiger partial charge in [0, 0.05) is 35.0 Å². The van der Waals surface area contributed by atoms with Crippen molar-refractivity contribution in [3.05, 3.63) is 52.5 Å². The van der Waals surface area contributed by atoms with Crippen LogP contribution in [0.5, 0.6) is 0 Å². The molecule has 0 N–H and O–H groups in total. The lowest BCUT2D eigenvalue weighted by molar-refractivity contribution is 0.586. The summed E-state index contributed by atoms with van der Waals surface area (Å²) in [5.74, 6) is 1.86. The summed E-state index contributed by atoms with van der Waals surface area (Å²) in [5, 5.41) is 7.18. The van der Waals surface area contributed by atoms with Crippen molar-refractivity contribution < 1.29 is 8.42 Å². The van der Waals surface area contributed by atoms with Crippen LogP contribution in [0.1, 0.15) is 0 Å². The van der Waals surface area contributed by atoms with E-state index in [1.165, 1.54) is 0 Å². The number of anilines is 1. The molecule has 0 spiro atoms. The molecule has 0 unspecified atom stereocenters. The number of hydrogen-bond acceptors (Lipinski definition) is 7. The summed E-state index contributed by atoms with van der Waals surface area (Å²) in [6, 6.07) is 12.2. The number of rotatable bonds is 3. The molecule has 1 aliphatic rings. The highest BCUT2D eigenvalue weighted by Crippen LogP contribution is 2.40. The number of aromatic nitrogens is 2. The predicted octanol–water partition coefficient (Wildman–Crippen LogP) is 4.32. The molecule has 4 heterocycles. The van der Waals surface area contributed by atoms with Crippen molar-refractivity contribution in [1.29, 1.82) is 0 Å². The molecule has 142 valence electrons. The summed E-state index contributed by atoms with van der Waals surface area (Å²) in [4.78, 5) is 12.8. The highest BCUT2D eigenvalue weighted by atomic mass is 32.2. The number of thiophene rings is 2. The molecule has 0 aliphatic carbocycles. The Morgan fingerprint density at radius 3 is 2.43 bits per heavy atom. The third kappa shape index (κ3) is 3.21. The Balaban J connectivity index is 1.71. The first-order chi connectivity index (χ1) is 13.6. The molecule has 0 atom stereocenters. The monoisotopic (exact) mass is 427 g/mol. The van der Waals surface area contributed by atoms with E-state index in [1.807, 2.05) is 35.0 Å². The number of hydrogen-bond donors (Lipinski definition) is 0. The molecule has 8 heteroatoms. The molecule has 0 amide bonds. The molecule has 3 aromatic heterocycles. The third-order valence-electron chi connectivity index (χ3n) is 4.92. The minimum absolute atomic E-state index is 0.164. The van der Waals surface area contributed by atoms with Gasteiger partial charge in [0.25, 0.3) is 0 Å². The van der Waals surface area contributed by atoms with E-state index in [4.69, 9.17) is 9.97 Å². The van der Waals surface area contributed by atoms with Gasteiger partial charge in [-0.25, -0.2) is 18.4 Å². The summed E-state index contributed by atoms with van der Waals surface area (Å²) in [6.07, 6.45) is 0. The van der Waals surface area contributed by atoms with Crippen molar-refractivity contribution in [3.8, 4) is 22.5 Å². The van der Waals surface area contributed by atoms with Crippen LogP contribution in [0.25, 0.3) is 32.7 Å². The summed E-state index contributed by atoms with van der Waals surface area (Å²) < 4.78 is 23.9. The molecule has 1 saturated heterocycles. The zero-order valence-electron chi connectivity index (χ0n) is 14.9. The fraction of sp³-hybridized carbons (Fsp3) is 0.200. The molecule has 5 rings (SSSR count). The lowest BCUT2D eigenvalue weighted by Gasteiger charge is -2.28. The van der Waals surface area contributed by atoms with E-state index in [-0.39, 0.29) is 11.5 Å². The Hall–Kier alpha value is -2.29. The van der Waals surface area contributed by atoms with Crippen LogP contribution >= 0.6 is 22.7 Å². The number of fused-ring (bicyclic) bond motifs is 1. The van der Waals surface area contributed by atoms with Crippen molar-refractivity contribution in [2.24, 2.45) is 0 Å². The standard InChI is InChI=1S/C20H17N3O2S3/c24-28(25)10-7-23(8-11-28)19-17-16(14-4-2-1-3-5-14)13-27-20(17)22-18(21-19)15-6-9-26-12-15/h1-6,9,12-13H,7-8,10-11H2. The number of benzene rings is 1. The molecule has 28 heavy (non-hydrogen) atoms. The summed E-state index contributed by atoms with van der Waals surface area (Å²) in [6.45, 7) is 0.920. The highest BCUT2D eigenvalue weighted by Gasteiger charge is 2.26. The van der Waals surface area contributed by atoms with Crippen LogP contribution < -0.4 is 4.90 Å². The maximum absolute atomic E-state index is 11.9. The van der Waals surface area contributed by atoms with E-state index in [1.54, 1.807) is 22.7 Å². The molecule has 4 aromatic rings. The molecular formula is C20H17N3O2S3. The van der Waals surface area contributed by atoms with Gasteiger partial charge in [-0.3, -0.25) is 0 Å². The molecule has 0 bridgehead atoms.